The van der Waals surface area contributed by atoms with Gasteiger partial charge in [0.1, 0.15) is 10.8 Å². The van der Waals surface area contributed by atoms with Crippen LogP contribution >= 0.6 is 11.3 Å². The van der Waals surface area contributed by atoms with Gasteiger partial charge in [-0.2, -0.15) is 0 Å². The Morgan fingerprint density at radius 1 is 1.40 bits per heavy atom. The van der Waals surface area contributed by atoms with Gasteiger partial charge in [0.25, 0.3) is 5.91 Å². The van der Waals surface area contributed by atoms with Gasteiger partial charge in [-0.15, -0.1) is 10.2 Å². The molecule has 1 heterocycles. The molecule has 2 aromatic rings. The predicted octanol–water partition coefficient (Wildman–Crippen LogP) is 1.99. The summed E-state index contributed by atoms with van der Waals surface area (Å²) in [4.78, 5) is 12.1. The van der Waals surface area contributed by atoms with Gasteiger partial charge in [-0.25, -0.2) is 0 Å². The second kappa shape index (κ2) is 5.56. The first-order chi connectivity index (χ1) is 9.40. The lowest BCUT2D eigenvalue weighted by atomic mass is 10.1. The molecule has 0 saturated heterocycles. The van der Waals surface area contributed by atoms with Gasteiger partial charge in [-0.05, 0) is 32.0 Å². The highest BCUT2D eigenvalue weighted by Crippen LogP contribution is 2.24. The predicted molar refractivity (Wildman–Crippen MR) is 78.1 cm³/mol. The summed E-state index contributed by atoms with van der Waals surface area (Å²) in [6, 6.07) is 6.88. The van der Waals surface area contributed by atoms with Crippen LogP contribution in [0.1, 0.15) is 29.2 Å². The van der Waals surface area contributed by atoms with Crippen molar-refractivity contribution < 1.29 is 9.53 Å². The summed E-state index contributed by atoms with van der Waals surface area (Å²) in [7, 11) is 1.55. The fourth-order valence-corrected chi connectivity index (χ4v) is 2.22. The highest BCUT2D eigenvalue weighted by atomic mass is 32.1. The molecule has 1 aromatic heterocycles. The lowest BCUT2D eigenvalue weighted by Gasteiger charge is -2.12. The highest BCUT2D eigenvalue weighted by molar-refractivity contribution is 7.15. The second-order valence-corrected chi connectivity index (χ2v) is 5.80. The number of benzene rings is 1. The summed E-state index contributed by atoms with van der Waals surface area (Å²) >= 11 is 1.26. The van der Waals surface area contributed by atoms with Crippen molar-refractivity contribution in [3.8, 4) is 5.75 Å². The van der Waals surface area contributed by atoms with Crippen LogP contribution in [-0.2, 0) is 5.54 Å². The highest BCUT2D eigenvalue weighted by Gasteiger charge is 2.20. The Hall–Kier alpha value is -1.99. The Balaban J connectivity index is 2.13. The minimum absolute atomic E-state index is 0.263. The number of aromatic nitrogens is 2. The van der Waals surface area contributed by atoms with E-state index in [4.69, 9.17) is 10.5 Å². The molecule has 0 atom stereocenters. The fraction of sp³-hybridized carbons (Fsp3) is 0.308. The number of carbonyl (C=O) groups is 1. The number of nitrogens with one attached hydrogen (secondary N) is 1. The zero-order valence-electron chi connectivity index (χ0n) is 11.5. The van der Waals surface area contributed by atoms with Crippen molar-refractivity contribution in [2.75, 3.05) is 12.4 Å². The van der Waals surface area contributed by atoms with Gasteiger partial charge in [-0.1, -0.05) is 17.4 Å². The molecule has 20 heavy (non-hydrogen) atoms. The van der Waals surface area contributed by atoms with Gasteiger partial charge in [-0.3, -0.25) is 10.1 Å². The standard InChI is InChI=1S/C13H16N4O2S/c1-13(2,14)11-16-17-12(20-11)15-10(18)8-5-4-6-9(7-8)19-3/h4-7H,14H2,1-3H3,(H,15,17,18). The van der Waals surface area contributed by atoms with E-state index in [9.17, 15) is 4.79 Å². The third kappa shape index (κ3) is 3.31. The molecule has 1 amide bonds. The van der Waals surface area contributed by atoms with Crippen LogP contribution in [-0.4, -0.2) is 23.2 Å². The van der Waals surface area contributed by atoms with E-state index in [1.165, 1.54) is 11.3 Å². The molecule has 0 aliphatic carbocycles. The molecule has 7 heteroatoms. The summed E-state index contributed by atoms with van der Waals surface area (Å²) in [5, 5.41) is 11.7. The first-order valence-electron chi connectivity index (χ1n) is 5.98. The van der Waals surface area contributed by atoms with Gasteiger partial charge < -0.3 is 10.5 Å². The van der Waals surface area contributed by atoms with Crippen molar-refractivity contribution in [2.45, 2.75) is 19.4 Å². The molecule has 3 N–H and O–H groups in total. The lowest BCUT2D eigenvalue weighted by molar-refractivity contribution is 0.102. The zero-order chi connectivity index (χ0) is 14.8. The van der Waals surface area contributed by atoms with E-state index < -0.39 is 5.54 Å². The average Bonchev–Trinajstić information content (AvgIpc) is 2.87. The third-order valence-electron chi connectivity index (χ3n) is 2.53. The van der Waals surface area contributed by atoms with Gasteiger partial charge in [0, 0.05) is 5.56 Å². The van der Waals surface area contributed by atoms with E-state index in [-0.39, 0.29) is 5.91 Å². The summed E-state index contributed by atoms with van der Waals surface area (Å²) in [6.07, 6.45) is 0. The number of rotatable bonds is 4. The monoisotopic (exact) mass is 292 g/mol. The van der Waals surface area contributed by atoms with E-state index >= 15 is 0 Å². The van der Waals surface area contributed by atoms with Crippen LogP contribution in [0.15, 0.2) is 24.3 Å². The van der Waals surface area contributed by atoms with Crippen LogP contribution in [0.2, 0.25) is 0 Å². The number of hydrogen-bond acceptors (Lipinski definition) is 6. The number of carbonyl (C=O) groups excluding carboxylic acids is 1. The number of ether oxygens (including phenoxy) is 1. The molecule has 6 nitrogen and oxygen atoms in total. The maximum absolute atomic E-state index is 12.1. The van der Waals surface area contributed by atoms with Crippen LogP contribution in [0, 0.1) is 0 Å². The molecule has 1 aromatic carbocycles. The third-order valence-corrected chi connectivity index (χ3v) is 3.71. The topological polar surface area (TPSA) is 90.1 Å². The van der Waals surface area contributed by atoms with E-state index in [0.29, 0.717) is 21.5 Å². The number of nitrogens with two attached hydrogens (primary N) is 1. The SMILES string of the molecule is COc1cccc(C(=O)Nc2nnc(C(C)(C)N)s2)c1. The molecule has 0 saturated carbocycles. The van der Waals surface area contributed by atoms with Crippen molar-refractivity contribution in [3.05, 3.63) is 34.8 Å². The molecule has 106 valence electrons. The molecule has 0 spiro atoms. The molecule has 0 fully saturated rings. The quantitative estimate of drug-likeness (QED) is 0.899. The van der Waals surface area contributed by atoms with Crippen LogP contribution < -0.4 is 15.8 Å². The number of hydrogen-bond donors (Lipinski definition) is 2. The number of anilines is 1. The summed E-state index contributed by atoms with van der Waals surface area (Å²) in [6.45, 7) is 3.67. The Morgan fingerprint density at radius 2 is 2.15 bits per heavy atom. The van der Waals surface area contributed by atoms with E-state index in [1.807, 2.05) is 13.8 Å². The molecular formula is C13H16N4O2S. The minimum Gasteiger partial charge on any atom is -0.497 e. The van der Waals surface area contributed by atoms with Crippen molar-refractivity contribution in [1.29, 1.82) is 0 Å². The largest absolute Gasteiger partial charge is 0.497 e. The van der Waals surface area contributed by atoms with Gasteiger partial charge >= 0.3 is 0 Å². The minimum atomic E-state index is -0.573. The molecule has 0 aliphatic heterocycles. The van der Waals surface area contributed by atoms with Crippen LogP contribution in [0.25, 0.3) is 0 Å². The molecule has 0 radical (unpaired) electrons. The first-order valence-corrected chi connectivity index (χ1v) is 6.80. The normalized spacial score (nSPS) is 11.2. The van der Waals surface area contributed by atoms with Crippen molar-refractivity contribution in [3.63, 3.8) is 0 Å². The van der Waals surface area contributed by atoms with Gasteiger partial charge in [0.15, 0.2) is 0 Å². The average molecular weight is 292 g/mol. The van der Waals surface area contributed by atoms with Gasteiger partial charge in [0.05, 0.1) is 12.6 Å². The molecule has 0 aliphatic rings. The smallest absolute Gasteiger partial charge is 0.257 e. The van der Waals surface area contributed by atoms with Crippen molar-refractivity contribution in [1.82, 2.24) is 10.2 Å². The summed E-state index contributed by atoms with van der Waals surface area (Å²) < 4.78 is 5.08. The van der Waals surface area contributed by atoms with Crippen LogP contribution in [0.3, 0.4) is 0 Å². The van der Waals surface area contributed by atoms with Crippen LogP contribution in [0.4, 0.5) is 5.13 Å². The van der Waals surface area contributed by atoms with E-state index in [1.54, 1.807) is 31.4 Å². The summed E-state index contributed by atoms with van der Waals surface area (Å²) in [5.74, 6) is 0.361. The maximum Gasteiger partial charge on any atom is 0.257 e. The Morgan fingerprint density at radius 3 is 2.75 bits per heavy atom. The summed E-state index contributed by atoms with van der Waals surface area (Å²) in [5.41, 5.74) is 5.85. The fourth-order valence-electron chi connectivity index (χ4n) is 1.47. The number of amides is 1. The Labute approximate surface area is 121 Å². The molecular weight excluding hydrogens is 276 g/mol. The van der Waals surface area contributed by atoms with Crippen molar-refractivity contribution >= 4 is 22.4 Å². The molecule has 2 rings (SSSR count). The first kappa shape index (κ1) is 14.4. The number of methoxy groups -OCH3 is 1. The Bertz CT molecular complexity index is 619. The van der Waals surface area contributed by atoms with Crippen molar-refractivity contribution in [2.24, 2.45) is 5.73 Å². The maximum atomic E-state index is 12.1. The van der Waals surface area contributed by atoms with E-state index in [2.05, 4.69) is 15.5 Å². The molecule has 0 bridgehead atoms. The molecule has 0 unspecified atom stereocenters. The van der Waals surface area contributed by atoms with Gasteiger partial charge in [0.2, 0.25) is 5.13 Å². The zero-order valence-corrected chi connectivity index (χ0v) is 12.3. The van der Waals surface area contributed by atoms with Crippen LogP contribution in [0.5, 0.6) is 5.75 Å². The lowest BCUT2D eigenvalue weighted by Crippen LogP contribution is -2.28. The number of nitrogens with zero attached hydrogens (tertiary/aromatic N) is 2. The van der Waals surface area contributed by atoms with E-state index in [0.717, 1.165) is 0 Å². The second-order valence-electron chi connectivity index (χ2n) is 4.82. The Kier molecular flexibility index (Phi) is 4.01.